The minimum atomic E-state index is -0.508. The molecule has 0 atom stereocenters. The number of benzene rings is 2. The Balaban J connectivity index is 2.41. The van der Waals surface area contributed by atoms with E-state index in [1.807, 2.05) is 0 Å². The topological polar surface area (TPSA) is 115 Å². The number of aryl methyl sites for hydroxylation is 4. The molecule has 25 heavy (non-hydrogen) atoms. The van der Waals surface area contributed by atoms with Crippen molar-refractivity contribution in [2.24, 2.45) is 0 Å². The molecule has 8 heteroatoms. The number of carbonyl (C=O) groups is 1. The lowest BCUT2D eigenvalue weighted by Crippen LogP contribution is -2.17. The molecule has 0 aliphatic carbocycles. The molecule has 2 rings (SSSR count). The fourth-order valence-corrected chi connectivity index (χ4v) is 2.82. The van der Waals surface area contributed by atoms with E-state index in [1.165, 1.54) is 24.3 Å². The quantitative estimate of drug-likeness (QED) is 0.665. The van der Waals surface area contributed by atoms with Crippen LogP contribution in [-0.2, 0) is 0 Å². The third-order valence-corrected chi connectivity index (χ3v) is 3.92. The lowest BCUT2D eigenvalue weighted by atomic mass is 10.00. The van der Waals surface area contributed by atoms with Crippen LogP contribution in [0.3, 0.4) is 0 Å². The van der Waals surface area contributed by atoms with Crippen LogP contribution in [0.4, 0.5) is 17.1 Å². The highest BCUT2D eigenvalue weighted by atomic mass is 16.6. The SMILES string of the molecule is Cc1cc([N+](=O)[O-])cc(C)c1NC(=O)c1c(C)cc([N+](=O)[O-])cc1C. The van der Waals surface area contributed by atoms with Crippen molar-refractivity contribution in [1.29, 1.82) is 0 Å². The molecule has 2 aromatic carbocycles. The van der Waals surface area contributed by atoms with Gasteiger partial charge in [0.2, 0.25) is 0 Å². The van der Waals surface area contributed by atoms with Gasteiger partial charge >= 0.3 is 0 Å². The number of amides is 1. The molecule has 0 saturated heterocycles. The second-order valence-electron chi connectivity index (χ2n) is 5.88. The first-order valence-corrected chi connectivity index (χ1v) is 7.44. The van der Waals surface area contributed by atoms with Crippen LogP contribution in [0.5, 0.6) is 0 Å². The standard InChI is InChI=1S/C17H17N3O5/c1-9-5-13(19(22)23)6-10(2)15(9)17(21)18-16-11(3)7-14(20(24)25)8-12(16)4/h5-8H,1-4H3,(H,18,21). The van der Waals surface area contributed by atoms with Crippen LogP contribution in [0.15, 0.2) is 24.3 Å². The zero-order chi connectivity index (χ0) is 18.9. The summed E-state index contributed by atoms with van der Waals surface area (Å²) in [5.41, 5.74) is 2.83. The first-order chi connectivity index (χ1) is 11.6. The van der Waals surface area contributed by atoms with E-state index < -0.39 is 15.8 Å². The van der Waals surface area contributed by atoms with Crippen LogP contribution in [0, 0.1) is 47.9 Å². The first-order valence-electron chi connectivity index (χ1n) is 7.44. The van der Waals surface area contributed by atoms with Crippen molar-refractivity contribution in [2.75, 3.05) is 5.32 Å². The number of carbonyl (C=O) groups excluding carboxylic acids is 1. The molecule has 0 aliphatic heterocycles. The second kappa shape index (κ2) is 6.68. The van der Waals surface area contributed by atoms with E-state index in [9.17, 15) is 25.0 Å². The highest BCUT2D eigenvalue weighted by Crippen LogP contribution is 2.28. The van der Waals surface area contributed by atoms with Crippen molar-refractivity contribution in [2.45, 2.75) is 27.7 Å². The molecule has 0 spiro atoms. The third kappa shape index (κ3) is 3.63. The van der Waals surface area contributed by atoms with Gasteiger partial charge < -0.3 is 5.32 Å². The van der Waals surface area contributed by atoms with Gasteiger partial charge in [0.15, 0.2) is 0 Å². The van der Waals surface area contributed by atoms with Crippen LogP contribution in [0.1, 0.15) is 32.6 Å². The van der Waals surface area contributed by atoms with E-state index >= 15 is 0 Å². The fourth-order valence-electron chi connectivity index (χ4n) is 2.82. The number of nitro groups is 2. The minimum Gasteiger partial charge on any atom is -0.321 e. The molecule has 0 aromatic heterocycles. The summed E-state index contributed by atoms with van der Waals surface area (Å²) in [5.74, 6) is -0.412. The molecular weight excluding hydrogens is 326 g/mol. The number of nitrogens with zero attached hydrogens (tertiary/aromatic N) is 2. The fraction of sp³-hybridized carbons (Fsp3) is 0.235. The van der Waals surface area contributed by atoms with Gasteiger partial charge in [-0.15, -0.1) is 0 Å². The maximum absolute atomic E-state index is 12.6. The molecule has 8 nitrogen and oxygen atoms in total. The minimum absolute atomic E-state index is 0.0457. The van der Waals surface area contributed by atoms with Crippen molar-refractivity contribution < 1.29 is 14.6 Å². The summed E-state index contributed by atoms with van der Waals surface area (Å²) in [4.78, 5) is 33.5. The van der Waals surface area contributed by atoms with Crippen LogP contribution in [0.2, 0.25) is 0 Å². The Labute approximate surface area is 143 Å². The van der Waals surface area contributed by atoms with Crippen LogP contribution in [0.25, 0.3) is 0 Å². The summed E-state index contributed by atoms with van der Waals surface area (Å²) in [7, 11) is 0. The lowest BCUT2D eigenvalue weighted by molar-refractivity contribution is -0.385. The number of hydrogen-bond acceptors (Lipinski definition) is 5. The zero-order valence-electron chi connectivity index (χ0n) is 14.2. The van der Waals surface area contributed by atoms with Gasteiger partial charge in [0.25, 0.3) is 17.3 Å². The molecule has 130 valence electrons. The number of non-ortho nitro benzene ring substituents is 2. The van der Waals surface area contributed by atoms with Crippen LogP contribution in [-0.4, -0.2) is 15.8 Å². The number of nitrogens with one attached hydrogen (secondary N) is 1. The Kier molecular flexibility index (Phi) is 4.82. The van der Waals surface area contributed by atoms with E-state index in [2.05, 4.69) is 5.32 Å². The number of anilines is 1. The van der Waals surface area contributed by atoms with Gasteiger partial charge in [0.1, 0.15) is 0 Å². The normalized spacial score (nSPS) is 10.4. The molecule has 0 bridgehead atoms. The van der Waals surface area contributed by atoms with Gasteiger partial charge in [-0.3, -0.25) is 25.0 Å². The highest BCUT2D eigenvalue weighted by molar-refractivity contribution is 6.07. The van der Waals surface area contributed by atoms with Gasteiger partial charge in [0.05, 0.1) is 9.85 Å². The monoisotopic (exact) mass is 343 g/mol. The predicted molar refractivity (Wildman–Crippen MR) is 93.1 cm³/mol. The molecule has 0 heterocycles. The summed E-state index contributed by atoms with van der Waals surface area (Å²) in [6.07, 6.45) is 0. The summed E-state index contributed by atoms with van der Waals surface area (Å²) >= 11 is 0. The molecule has 0 fully saturated rings. The second-order valence-corrected chi connectivity index (χ2v) is 5.88. The Morgan fingerprint density at radius 2 is 1.16 bits per heavy atom. The summed E-state index contributed by atoms with van der Waals surface area (Å²) in [6.45, 7) is 6.60. The molecule has 1 N–H and O–H groups in total. The third-order valence-electron chi connectivity index (χ3n) is 3.92. The number of rotatable bonds is 4. The molecular formula is C17H17N3O5. The highest BCUT2D eigenvalue weighted by Gasteiger charge is 2.20. The molecule has 0 aliphatic rings. The zero-order valence-corrected chi connectivity index (χ0v) is 14.2. The smallest absolute Gasteiger partial charge is 0.270 e. The van der Waals surface area contributed by atoms with Crippen molar-refractivity contribution in [1.82, 2.24) is 0 Å². The van der Waals surface area contributed by atoms with E-state index in [0.717, 1.165) is 0 Å². The van der Waals surface area contributed by atoms with Crippen molar-refractivity contribution in [3.63, 3.8) is 0 Å². The molecule has 0 saturated carbocycles. The maximum Gasteiger partial charge on any atom is 0.270 e. The van der Waals surface area contributed by atoms with Crippen LogP contribution >= 0.6 is 0 Å². The van der Waals surface area contributed by atoms with Crippen molar-refractivity contribution >= 4 is 23.0 Å². The number of hydrogen-bond donors (Lipinski definition) is 1. The van der Waals surface area contributed by atoms with E-state index in [0.29, 0.717) is 33.5 Å². The predicted octanol–water partition coefficient (Wildman–Crippen LogP) is 3.99. The Morgan fingerprint density at radius 1 is 0.800 bits per heavy atom. The summed E-state index contributed by atoms with van der Waals surface area (Å²) in [6, 6.07) is 5.46. The Bertz CT molecular complexity index is 859. The van der Waals surface area contributed by atoms with Gasteiger partial charge in [-0.25, -0.2) is 0 Å². The van der Waals surface area contributed by atoms with Gasteiger partial charge in [-0.05, 0) is 49.9 Å². The lowest BCUT2D eigenvalue weighted by Gasteiger charge is -2.14. The average Bonchev–Trinajstić information content (AvgIpc) is 2.49. The molecule has 0 radical (unpaired) electrons. The first kappa shape index (κ1) is 18.1. The van der Waals surface area contributed by atoms with Gasteiger partial charge in [-0.1, -0.05) is 0 Å². The van der Waals surface area contributed by atoms with Gasteiger partial charge in [0, 0.05) is 35.5 Å². The van der Waals surface area contributed by atoms with E-state index in [1.54, 1.807) is 27.7 Å². The van der Waals surface area contributed by atoms with Crippen LogP contribution < -0.4 is 5.32 Å². The molecule has 2 aromatic rings. The average molecular weight is 343 g/mol. The maximum atomic E-state index is 12.6. The van der Waals surface area contributed by atoms with Crippen molar-refractivity contribution in [3.05, 3.63) is 72.3 Å². The summed E-state index contributed by atoms with van der Waals surface area (Å²) in [5, 5.41) is 24.6. The summed E-state index contributed by atoms with van der Waals surface area (Å²) < 4.78 is 0. The largest absolute Gasteiger partial charge is 0.321 e. The number of nitro benzene ring substituents is 2. The van der Waals surface area contributed by atoms with E-state index in [-0.39, 0.29) is 11.4 Å². The van der Waals surface area contributed by atoms with E-state index in [4.69, 9.17) is 0 Å². The molecule has 0 unspecified atom stereocenters. The molecule has 1 amide bonds. The Hall–Kier alpha value is -3.29. The van der Waals surface area contributed by atoms with Crippen molar-refractivity contribution in [3.8, 4) is 0 Å². The Morgan fingerprint density at radius 3 is 1.52 bits per heavy atom. The van der Waals surface area contributed by atoms with Gasteiger partial charge in [-0.2, -0.15) is 0 Å².